The Bertz CT molecular complexity index is 326. The summed E-state index contributed by atoms with van der Waals surface area (Å²) < 4.78 is 0. The first-order chi connectivity index (χ1) is 5.83. The monoisotopic (exact) mass is 159 g/mol. The Morgan fingerprint density at radius 1 is 1.33 bits per heavy atom. The fourth-order valence-corrected chi connectivity index (χ4v) is 1.80. The maximum absolute atomic E-state index is 4.59. The van der Waals surface area contributed by atoms with Crippen LogP contribution >= 0.6 is 0 Å². The van der Waals surface area contributed by atoms with Crippen LogP contribution in [-0.2, 0) is 0 Å². The van der Waals surface area contributed by atoms with Crippen molar-refractivity contribution < 1.29 is 0 Å². The quantitative estimate of drug-likeness (QED) is 0.597. The molecular weight excluding hydrogens is 146 g/mol. The molecule has 1 nitrogen and oxygen atoms in total. The number of hydrogen-bond acceptors (Lipinski definition) is 1. The lowest BCUT2D eigenvalue weighted by Gasteiger charge is -2.04. The summed E-state index contributed by atoms with van der Waals surface area (Å²) in [6.45, 7) is 4.28. The molecule has 1 heteroatoms. The van der Waals surface area contributed by atoms with E-state index in [0.717, 1.165) is 6.42 Å². The normalized spacial score (nSPS) is 20.5. The van der Waals surface area contributed by atoms with Crippen molar-refractivity contribution in [1.29, 1.82) is 0 Å². The van der Waals surface area contributed by atoms with Crippen LogP contribution in [-0.4, -0.2) is 5.71 Å². The van der Waals surface area contributed by atoms with E-state index >= 15 is 0 Å². The number of nitrogens with zero attached hydrogens (tertiary/aromatic N) is 1. The third kappa shape index (κ3) is 0.970. The van der Waals surface area contributed by atoms with Crippen LogP contribution in [0.4, 0.5) is 0 Å². The Hall–Kier alpha value is -1.11. The van der Waals surface area contributed by atoms with Crippen molar-refractivity contribution in [2.24, 2.45) is 4.99 Å². The van der Waals surface area contributed by atoms with Gasteiger partial charge in [-0.15, -0.1) is 0 Å². The third-order valence-electron chi connectivity index (χ3n) is 2.45. The minimum absolute atomic E-state index is 0.418. The average Bonchev–Trinajstić information content (AvgIpc) is 2.44. The Balaban J connectivity index is 2.52. The van der Waals surface area contributed by atoms with E-state index in [-0.39, 0.29) is 0 Å². The average molecular weight is 159 g/mol. The first kappa shape index (κ1) is 7.53. The van der Waals surface area contributed by atoms with Crippen molar-refractivity contribution in [3.8, 4) is 0 Å². The number of fused-ring (bicyclic) bond motifs is 1. The fourth-order valence-electron chi connectivity index (χ4n) is 1.80. The molecule has 0 saturated carbocycles. The van der Waals surface area contributed by atoms with E-state index in [0.29, 0.717) is 6.04 Å². The molecule has 0 amide bonds. The van der Waals surface area contributed by atoms with Crippen molar-refractivity contribution >= 4 is 5.71 Å². The summed E-state index contributed by atoms with van der Waals surface area (Å²) in [5, 5.41) is 0. The Morgan fingerprint density at radius 3 is 2.83 bits per heavy atom. The molecule has 0 N–H and O–H groups in total. The van der Waals surface area contributed by atoms with Gasteiger partial charge in [-0.25, -0.2) is 0 Å². The van der Waals surface area contributed by atoms with Gasteiger partial charge in [0.2, 0.25) is 0 Å². The Morgan fingerprint density at radius 2 is 2.08 bits per heavy atom. The van der Waals surface area contributed by atoms with Gasteiger partial charge >= 0.3 is 0 Å². The van der Waals surface area contributed by atoms with Crippen molar-refractivity contribution in [1.82, 2.24) is 0 Å². The van der Waals surface area contributed by atoms with Crippen LogP contribution in [0.5, 0.6) is 0 Å². The number of benzene rings is 1. The molecule has 0 fully saturated rings. The number of rotatable bonds is 1. The highest BCUT2D eigenvalue weighted by molar-refractivity contribution is 6.02. The van der Waals surface area contributed by atoms with Gasteiger partial charge in [0.05, 0.1) is 6.04 Å². The van der Waals surface area contributed by atoms with E-state index in [9.17, 15) is 0 Å². The van der Waals surface area contributed by atoms with Crippen LogP contribution in [0.1, 0.15) is 37.4 Å². The van der Waals surface area contributed by atoms with Crippen molar-refractivity contribution in [3.05, 3.63) is 35.4 Å². The molecule has 1 aromatic carbocycles. The molecule has 1 aliphatic heterocycles. The molecule has 0 saturated heterocycles. The molecule has 12 heavy (non-hydrogen) atoms. The van der Waals surface area contributed by atoms with Gasteiger partial charge in [0, 0.05) is 11.3 Å². The van der Waals surface area contributed by atoms with Gasteiger partial charge in [-0.1, -0.05) is 31.2 Å². The first-order valence-electron chi connectivity index (χ1n) is 4.46. The first-order valence-corrected chi connectivity index (χ1v) is 4.46. The van der Waals surface area contributed by atoms with Crippen LogP contribution in [0.15, 0.2) is 29.3 Å². The second-order valence-corrected chi connectivity index (χ2v) is 3.23. The van der Waals surface area contributed by atoms with Gasteiger partial charge in [-0.2, -0.15) is 0 Å². The summed E-state index contributed by atoms with van der Waals surface area (Å²) in [5.74, 6) is 0. The van der Waals surface area contributed by atoms with Gasteiger partial charge in [0.15, 0.2) is 0 Å². The lowest BCUT2D eigenvalue weighted by atomic mass is 10.0. The Kier molecular flexibility index (Phi) is 1.72. The molecule has 0 radical (unpaired) electrons. The summed E-state index contributed by atoms with van der Waals surface area (Å²) in [7, 11) is 0. The maximum Gasteiger partial charge on any atom is 0.0756 e. The second kappa shape index (κ2) is 2.74. The second-order valence-electron chi connectivity index (χ2n) is 3.23. The summed E-state index contributed by atoms with van der Waals surface area (Å²) in [6, 6.07) is 8.93. The van der Waals surface area contributed by atoms with Gasteiger partial charge < -0.3 is 0 Å². The molecule has 0 bridgehead atoms. The molecule has 1 atom stereocenters. The summed E-state index contributed by atoms with van der Waals surface area (Å²) in [6.07, 6.45) is 1.11. The smallest absolute Gasteiger partial charge is 0.0756 e. The molecule has 0 spiro atoms. The van der Waals surface area contributed by atoms with E-state index in [1.54, 1.807) is 0 Å². The molecule has 62 valence electrons. The minimum atomic E-state index is 0.418. The molecule has 2 rings (SSSR count). The van der Waals surface area contributed by atoms with Crippen LogP contribution in [0.2, 0.25) is 0 Å². The molecule has 1 aliphatic rings. The number of aliphatic imine (C=N–C) groups is 1. The van der Waals surface area contributed by atoms with E-state index in [1.165, 1.54) is 16.8 Å². The van der Waals surface area contributed by atoms with E-state index < -0.39 is 0 Å². The lowest BCUT2D eigenvalue weighted by Crippen LogP contribution is -1.91. The molecule has 0 aromatic heterocycles. The number of hydrogen-bond donors (Lipinski definition) is 0. The molecule has 1 heterocycles. The fraction of sp³-hybridized carbons (Fsp3) is 0.364. The molecule has 1 aromatic rings. The zero-order valence-corrected chi connectivity index (χ0v) is 7.54. The van der Waals surface area contributed by atoms with Crippen molar-refractivity contribution in [2.45, 2.75) is 26.3 Å². The zero-order chi connectivity index (χ0) is 8.55. The highest BCUT2D eigenvalue weighted by Crippen LogP contribution is 2.31. The van der Waals surface area contributed by atoms with Gasteiger partial charge in [0.1, 0.15) is 0 Å². The Labute approximate surface area is 73.1 Å². The molecule has 1 unspecified atom stereocenters. The molecular formula is C11H13N. The summed E-state index contributed by atoms with van der Waals surface area (Å²) in [4.78, 5) is 4.59. The van der Waals surface area contributed by atoms with Crippen LogP contribution < -0.4 is 0 Å². The molecule has 0 aliphatic carbocycles. The van der Waals surface area contributed by atoms with Crippen LogP contribution in [0, 0.1) is 0 Å². The topological polar surface area (TPSA) is 12.4 Å². The zero-order valence-electron chi connectivity index (χ0n) is 7.54. The van der Waals surface area contributed by atoms with Crippen molar-refractivity contribution in [3.63, 3.8) is 0 Å². The lowest BCUT2D eigenvalue weighted by molar-refractivity contribution is 0.716. The van der Waals surface area contributed by atoms with Gasteiger partial charge in [-0.05, 0) is 18.9 Å². The van der Waals surface area contributed by atoms with E-state index in [2.05, 4.69) is 43.1 Å². The summed E-state index contributed by atoms with van der Waals surface area (Å²) >= 11 is 0. The minimum Gasteiger partial charge on any atom is -0.281 e. The highest BCUT2D eigenvalue weighted by Gasteiger charge is 2.19. The highest BCUT2D eigenvalue weighted by atomic mass is 14.8. The largest absolute Gasteiger partial charge is 0.281 e. The van der Waals surface area contributed by atoms with Gasteiger partial charge in [-0.3, -0.25) is 4.99 Å². The van der Waals surface area contributed by atoms with E-state index in [4.69, 9.17) is 0 Å². The van der Waals surface area contributed by atoms with Crippen LogP contribution in [0.25, 0.3) is 0 Å². The third-order valence-corrected chi connectivity index (χ3v) is 2.45. The van der Waals surface area contributed by atoms with Crippen molar-refractivity contribution in [2.75, 3.05) is 0 Å². The summed E-state index contributed by atoms with van der Waals surface area (Å²) in [5.41, 5.74) is 3.93. The predicted octanol–water partition coefficient (Wildman–Crippen LogP) is 2.96. The van der Waals surface area contributed by atoms with E-state index in [1.807, 2.05) is 0 Å². The van der Waals surface area contributed by atoms with Gasteiger partial charge in [0.25, 0.3) is 0 Å². The predicted molar refractivity (Wildman–Crippen MR) is 51.7 cm³/mol. The SMILES string of the molecule is CCC1N=C(C)c2ccccc21. The maximum atomic E-state index is 4.59. The standard InChI is InChI=1S/C11H13N/c1-3-11-10-7-5-4-6-9(10)8(2)12-11/h4-7,11H,3H2,1-2H3. The van der Waals surface area contributed by atoms with Crippen LogP contribution in [0.3, 0.4) is 0 Å².